The van der Waals surface area contributed by atoms with E-state index in [1.165, 1.54) is 17.8 Å². The molecule has 0 radical (unpaired) electrons. The van der Waals surface area contributed by atoms with Gasteiger partial charge in [-0.05, 0) is 48.9 Å². The summed E-state index contributed by atoms with van der Waals surface area (Å²) in [6, 6.07) is 12.9. The maximum absolute atomic E-state index is 12.2. The van der Waals surface area contributed by atoms with E-state index < -0.39 is 0 Å². The van der Waals surface area contributed by atoms with Crippen LogP contribution >= 0.6 is 11.8 Å². The Morgan fingerprint density at radius 2 is 1.86 bits per heavy atom. The van der Waals surface area contributed by atoms with Crippen molar-refractivity contribution < 1.29 is 23.8 Å². The maximum Gasteiger partial charge on any atom is 0.330 e. The molecule has 0 aliphatic carbocycles. The lowest BCUT2D eigenvalue weighted by atomic mass is 10.2. The number of hydrogen-bond acceptors (Lipinski definition) is 6. The molecular formula is C21H21NO5S. The summed E-state index contributed by atoms with van der Waals surface area (Å²) in [6.45, 7) is 3.19. The summed E-state index contributed by atoms with van der Waals surface area (Å²) >= 11 is 1.43. The Kier molecular flexibility index (Phi) is 6.97. The maximum atomic E-state index is 12.2. The standard InChI is InChI=1S/C21H21NO5S/c1-2-25-21(24)10-5-15-3-6-16(7-4-15)22-20(23)14-28-17-8-9-18-19(13-17)27-12-11-26-18/h3-10,13H,2,11-12,14H2,1H3,(H,22,23). The third-order valence-corrected chi connectivity index (χ3v) is 4.77. The molecule has 1 amide bonds. The monoisotopic (exact) mass is 399 g/mol. The molecule has 146 valence electrons. The number of carbonyl (C=O) groups is 2. The molecule has 0 saturated heterocycles. The molecule has 3 rings (SSSR count). The summed E-state index contributed by atoms with van der Waals surface area (Å²) < 4.78 is 15.9. The Labute approximate surface area is 167 Å². The first-order chi connectivity index (χ1) is 13.6. The van der Waals surface area contributed by atoms with Crippen molar-refractivity contribution in [3.63, 3.8) is 0 Å². The highest BCUT2D eigenvalue weighted by atomic mass is 32.2. The molecule has 6 nitrogen and oxygen atoms in total. The van der Waals surface area contributed by atoms with Crippen molar-refractivity contribution in [1.82, 2.24) is 0 Å². The number of ether oxygens (including phenoxy) is 3. The van der Waals surface area contributed by atoms with E-state index in [9.17, 15) is 9.59 Å². The van der Waals surface area contributed by atoms with Gasteiger partial charge in [0, 0.05) is 16.7 Å². The van der Waals surface area contributed by atoms with Crippen molar-refractivity contribution in [3.8, 4) is 11.5 Å². The molecule has 2 aromatic carbocycles. The zero-order valence-corrected chi connectivity index (χ0v) is 16.3. The van der Waals surface area contributed by atoms with Gasteiger partial charge < -0.3 is 19.5 Å². The van der Waals surface area contributed by atoms with Crippen LogP contribution in [0.5, 0.6) is 11.5 Å². The average Bonchev–Trinajstić information content (AvgIpc) is 2.72. The molecule has 28 heavy (non-hydrogen) atoms. The summed E-state index contributed by atoms with van der Waals surface area (Å²) in [6.07, 6.45) is 3.04. The van der Waals surface area contributed by atoms with Crippen molar-refractivity contribution in [2.45, 2.75) is 11.8 Å². The van der Waals surface area contributed by atoms with Gasteiger partial charge in [0.15, 0.2) is 11.5 Å². The van der Waals surface area contributed by atoms with Crippen LogP contribution in [0.25, 0.3) is 6.08 Å². The molecule has 1 aliphatic heterocycles. The second-order valence-electron chi connectivity index (χ2n) is 5.85. The van der Waals surface area contributed by atoms with Gasteiger partial charge in [0.2, 0.25) is 5.91 Å². The molecule has 0 atom stereocenters. The number of nitrogens with one attached hydrogen (secondary N) is 1. The number of hydrogen-bond donors (Lipinski definition) is 1. The Balaban J connectivity index is 1.49. The second-order valence-corrected chi connectivity index (χ2v) is 6.90. The van der Waals surface area contributed by atoms with Gasteiger partial charge in [-0.1, -0.05) is 12.1 Å². The van der Waals surface area contributed by atoms with Crippen molar-refractivity contribution >= 4 is 35.4 Å². The van der Waals surface area contributed by atoms with Gasteiger partial charge in [0.1, 0.15) is 13.2 Å². The summed E-state index contributed by atoms with van der Waals surface area (Å²) in [4.78, 5) is 24.4. The molecule has 1 aliphatic rings. The fourth-order valence-corrected chi connectivity index (χ4v) is 3.22. The SMILES string of the molecule is CCOC(=O)C=Cc1ccc(NC(=O)CSc2ccc3c(c2)OCCO3)cc1. The predicted octanol–water partition coefficient (Wildman–Crippen LogP) is 3.76. The Morgan fingerprint density at radius 1 is 1.11 bits per heavy atom. The van der Waals surface area contributed by atoms with Crippen LogP contribution in [0.4, 0.5) is 5.69 Å². The minimum atomic E-state index is -0.379. The molecule has 0 spiro atoms. The minimum absolute atomic E-state index is 0.102. The smallest absolute Gasteiger partial charge is 0.330 e. The van der Waals surface area contributed by atoms with E-state index >= 15 is 0 Å². The van der Waals surface area contributed by atoms with E-state index in [4.69, 9.17) is 14.2 Å². The van der Waals surface area contributed by atoms with E-state index in [1.54, 1.807) is 25.1 Å². The predicted molar refractivity (Wildman–Crippen MR) is 109 cm³/mol. The Bertz CT molecular complexity index is 864. The van der Waals surface area contributed by atoms with Gasteiger partial charge in [0.25, 0.3) is 0 Å². The molecule has 1 N–H and O–H groups in total. The molecule has 0 unspecified atom stereocenters. The number of benzene rings is 2. The molecule has 7 heteroatoms. The third-order valence-electron chi connectivity index (χ3n) is 3.78. The highest BCUT2D eigenvalue weighted by Crippen LogP contribution is 2.34. The summed E-state index contributed by atoms with van der Waals surface area (Å²) in [5, 5.41) is 2.86. The molecule has 0 bridgehead atoms. The quantitative estimate of drug-likeness (QED) is 0.434. The van der Waals surface area contributed by atoms with Crippen LogP contribution in [0.3, 0.4) is 0 Å². The normalized spacial score (nSPS) is 12.6. The molecule has 1 heterocycles. The van der Waals surface area contributed by atoms with Gasteiger partial charge >= 0.3 is 5.97 Å². The lowest BCUT2D eigenvalue weighted by Crippen LogP contribution is -2.15. The lowest BCUT2D eigenvalue weighted by Gasteiger charge is -2.18. The number of thioether (sulfide) groups is 1. The van der Waals surface area contributed by atoms with Crippen molar-refractivity contribution in [1.29, 1.82) is 0 Å². The van der Waals surface area contributed by atoms with Crippen LogP contribution in [-0.2, 0) is 14.3 Å². The fourth-order valence-electron chi connectivity index (χ4n) is 2.49. The zero-order valence-electron chi connectivity index (χ0n) is 15.5. The highest BCUT2D eigenvalue weighted by molar-refractivity contribution is 8.00. The van der Waals surface area contributed by atoms with Crippen LogP contribution in [0.1, 0.15) is 12.5 Å². The molecule has 0 fully saturated rings. The van der Waals surface area contributed by atoms with Gasteiger partial charge in [-0.2, -0.15) is 0 Å². The van der Waals surface area contributed by atoms with Crippen LogP contribution in [-0.4, -0.2) is 37.4 Å². The number of carbonyl (C=O) groups excluding carboxylic acids is 2. The van der Waals surface area contributed by atoms with Crippen molar-refractivity contribution in [2.24, 2.45) is 0 Å². The topological polar surface area (TPSA) is 73.9 Å². The fraction of sp³-hybridized carbons (Fsp3) is 0.238. The van der Waals surface area contributed by atoms with Gasteiger partial charge in [-0.25, -0.2) is 4.79 Å². The summed E-state index contributed by atoms with van der Waals surface area (Å²) in [5.74, 6) is 1.25. The first kappa shape index (κ1) is 19.8. The first-order valence-electron chi connectivity index (χ1n) is 8.91. The number of fused-ring (bicyclic) bond motifs is 1. The summed E-state index contributed by atoms with van der Waals surface area (Å²) in [7, 11) is 0. The number of amides is 1. The molecule has 0 saturated carbocycles. The second kappa shape index (κ2) is 9.85. The number of esters is 1. The lowest BCUT2D eigenvalue weighted by molar-refractivity contribution is -0.137. The van der Waals surface area contributed by atoms with Crippen LogP contribution in [0, 0.1) is 0 Å². The van der Waals surface area contributed by atoms with Crippen LogP contribution < -0.4 is 14.8 Å². The van der Waals surface area contributed by atoms with E-state index in [2.05, 4.69) is 5.32 Å². The van der Waals surface area contributed by atoms with E-state index in [0.29, 0.717) is 31.3 Å². The summed E-state index contributed by atoms with van der Waals surface area (Å²) in [5.41, 5.74) is 1.54. The van der Waals surface area contributed by atoms with Gasteiger partial charge in [0.05, 0.1) is 12.4 Å². The third kappa shape index (κ3) is 5.79. The molecule has 2 aromatic rings. The largest absolute Gasteiger partial charge is 0.486 e. The molecular weight excluding hydrogens is 378 g/mol. The van der Waals surface area contributed by atoms with Crippen molar-refractivity contribution in [2.75, 3.05) is 30.9 Å². The van der Waals surface area contributed by atoms with Crippen LogP contribution in [0.15, 0.2) is 53.4 Å². The van der Waals surface area contributed by atoms with E-state index in [0.717, 1.165) is 16.2 Å². The van der Waals surface area contributed by atoms with Crippen LogP contribution in [0.2, 0.25) is 0 Å². The van der Waals surface area contributed by atoms with Gasteiger partial charge in [-0.3, -0.25) is 4.79 Å². The highest BCUT2D eigenvalue weighted by Gasteiger charge is 2.12. The van der Waals surface area contributed by atoms with E-state index in [-0.39, 0.29) is 17.6 Å². The first-order valence-corrected chi connectivity index (χ1v) is 9.90. The minimum Gasteiger partial charge on any atom is -0.486 e. The van der Waals surface area contributed by atoms with Crippen molar-refractivity contribution in [3.05, 3.63) is 54.1 Å². The number of anilines is 1. The number of rotatable bonds is 7. The Hall–Kier alpha value is -2.93. The Morgan fingerprint density at radius 3 is 2.61 bits per heavy atom. The van der Waals surface area contributed by atoms with E-state index in [1.807, 2.05) is 30.3 Å². The average molecular weight is 399 g/mol. The molecule has 0 aromatic heterocycles. The zero-order chi connectivity index (χ0) is 19.8. The van der Waals surface area contributed by atoms with Gasteiger partial charge in [-0.15, -0.1) is 11.8 Å².